The first-order valence-electron chi connectivity index (χ1n) is 19.0. The number of nitrogens with one attached hydrogen (secondary N) is 1. The number of fused-ring (bicyclic) bond motifs is 5. The van der Waals surface area contributed by atoms with Crippen LogP contribution in [-0.4, -0.2) is 84.7 Å². The summed E-state index contributed by atoms with van der Waals surface area (Å²) in [4.78, 5) is 9.05. The average molecular weight is 733 g/mol. The molecule has 11 heteroatoms. The second-order valence-corrected chi connectivity index (χ2v) is 17.8. The summed E-state index contributed by atoms with van der Waals surface area (Å²) in [5.41, 5.74) is 4.93. The molecule has 5 N–H and O–H groups in total. The minimum absolute atomic E-state index is 0. The van der Waals surface area contributed by atoms with Crippen molar-refractivity contribution in [1.82, 2.24) is 14.8 Å². The monoisotopic (exact) mass is 731 g/mol. The highest BCUT2D eigenvalue weighted by atomic mass is 35.5. The van der Waals surface area contributed by atoms with Crippen LogP contribution in [0.15, 0.2) is 24.3 Å². The van der Waals surface area contributed by atoms with E-state index in [0.29, 0.717) is 36.2 Å². The Balaban J connectivity index is 0.00000155. The van der Waals surface area contributed by atoms with E-state index in [4.69, 9.17) is 9.47 Å². The van der Waals surface area contributed by atoms with Gasteiger partial charge >= 0.3 is 0 Å². The zero-order valence-electron chi connectivity index (χ0n) is 28.4. The van der Waals surface area contributed by atoms with Crippen LogP contribution < -0.4 is 34.3 Å². The van der Waals surface area contributed by atoms with Gasteiger partial charge in [-0.05, 0) is 111 Å². The van der Waals surface area contributed by atoms with E-state index in [1.807, 2.05) is 0 Å². The molecule has 5 heterocycles. The van der Waals surface area contributed by atoms with Crippen LogP contribution in [0.25, 0.3) is 0 Å². The Morgan fingerprint density at radius 3 is 1.51 bits per heavy atom. The van der Waals surface area contributed by atoms with Gasteiger partial charge in [0.05, 0.1) is 33.4 Å². The van der Waals surface area contributed by atoms with Crippen molar-refractivity contribution >= 4 is 0 Å². The molecule has 13 rings (SSSR count). The zero-order valence-corrected chi connectivity index (χ0v) is 29.9. The van der Waals surface area contributed by atoms with Gasteiger partial charge in [-0.2, -0.15) is 0 Å². The lowest BCUT2D eigenvalue weighted by Gasteiger charge is -2.63. The molecule has 0 unspecified atom stereocenters. The molecule has 10 aliphatic rings. The molecule has 6 aliphatic carbocycles. The maximum atomic E-state index is 13.5. The number of likely N-dealkylation sites (tertiary alicyclic amines) is 2. The van der Waals surface area contributed by atoms with Crippen molar-refractivity contribution in [3.05, 3.63) is 69.0 Å². The molecule has 4 fully saturated rings. The van der Waals surface area contributed by atoms with Crippen LogP contribution in [0.1, 0.15) is 95.5 Å². The number of aromatic amines is 1. The first-order chi connectivity index (χ1) is 23.7. The molecule has 9 nitrogen and oxygen atoms in total. The molecule has 3 aromatic rings. The summed E-state index contributed by atoms with van der Waals surface area (Å²) in [7, 11) is 0. The number of rotatable bonds is 4. The first kappa shape index (κ1) is 31.8. The number of hydrogen-bond acceptors (Lipinski definition) is 8. The average Bonchev–Trinajstić information content (AvgIpc) is 3.98. The van der Waals surface area contributed by atoms with Crippen molar-refractivity contribution in [2.24, 2.45) is 11.8 Å². The lowest BCUT2D eigenvalue weighted by Crippen LogP contribution is -3.00. The molecule has 8 atom stereocenters. The van der Waals surface area contributed by atoms with E-state index in [0.717, 1.165) is 85.5 Å². The van der Waals surface area contributed by atoms with E-state index in [1.54, 1.807) is 12.1 Å². The van der Waals surface area contributed by atoms with Gasteiger partial charge in [0, 0.05) is 49.1 Å². The summed E-state index contributed by atoms with van der Waals surface area (Å²) in [6, 6.07) is 7.56. The van der Waals surface area contributed by atoms with Gasteiger partial charge in [0.25, 0.3) is 0 Å². The number of aromatic hydroxyl groups is 2. The van der Waals surface area contributed by atoms with E-state index >= 15 is 0 Å². The highest BCUT2D eigenvalue weighted by Gasteiger charge is 2.76. The fourth-order valence-electron chi connectivity index (χ4n) is 13.4. The predicted molar refractivity (Wildman–Crippen MR) is 177 cm³/mol. The normalized spacial score (nSPS) is 39.7. The number of halogens is 2. The Bertz CT molecular complexity index is 1920. The maximum Gasteiger partial charge on any atom is 0.166 e. The topological polar surface area (TPSA) is 122 Å². The Kier molecular flexibility index (Phi) is 6.06. The van der Waals surface area contributed by atoms with Gasteiger partial charge in [0.15, 0.2) is 35.2 Å². The molecular weight excluding hydrogens is 689 g/mol. The molecule has 4 bridgehead atoms. The number of piperidine rings is 2. The second-order valence-electron chi connectivity index (χ2n) is 17.8. The molecule has 1 aromatic heterocycles. The van der Waals surface area contributed by atoms with Gasteiger partial charge < -0.3 is 59.7 Å². The van der Waals surface area contributed by atoms with Gasteiger partial charge in [-0.15, -0.1) is 0 Å². The van der Waals surface area contributed by atoms with Crippen LogP contribution in [0.4, 0.5) is 0 Å². The van der Waals surface area contributed by atoms with Crippen molar-refractivity contribution < 1.29 is 54.7 Å². The Morgan fingerprint density at radius 1 is 0.667 bits per heavy atom. The number of hydrogen-bond donors (Lipinski definition) is 5. The number of aliphatic hydroxyl groups is 2. The summed E-state index contributed by atoms with van der Waals surface area (Å²) in [5.74, 6) is 2.77. The van der Waals surface area contributed by atoms with Crippen LogP contribution in [0.3, 0.4) is 0 Å². The summed E-state index contributed by atoms with van der Waals surface area (Å²) in [5, 5.41) is 49.4. The molecule has 0 amide bonds. The summed E-state index contributed by atoms with van der Waals surface area (Å²) in [6.07, 6.45) is 8.06. The number of aromatic nitrogens is 1. The van der Waals surface area contributed by atoms with Crippen LogP contribution >= 0.6 is 0 Å². The minimum Gasteiger partial charge on any atom is -1.00 e. The minimum atomic E-state index is -1.09. The molecule has 2 aromatic carbocycles. The first-order valence-corrected chi connectivity index (χ1v) is 19.0. The lowest BCUT2D eigenvalue weighted by atomic mass is 9.47. The Morgan fingerprint density at radius 2 is 1.10 bits per heavy atom. The standard InChI is InChI=1S/C40H43N3O6.2ClH/c44-25-7-5-21-13-27-39(46)15-23-24-16-40(47)28-14-22-6-8-26(45)34-30(22)38(40,10-12-43(28)18-20-3-4-20)36(49-34)32(24)41-31(23)35-37(39,29(21)33(25)48-35)9-11-42(27)17-19-1-2-19;;/h5-8,19-20,27-28,35-36,41,44-47H,1-4,9-18H2;2*1H/p-2/t27-,28-,35+,36+,37+,38+,39-,40-;;/m1../s1. The molecule has 4 aliphatic heterocycles. The molecule has 2 saturated heterocycles. The van der Waals surface area contributed by atoms with E-state index in [-0.39, 0.29) is 48.4 Å². The van der Waals surface area contributed by atoms with Crippen LogP contribution in [0, 0.1) is 11.8 Å². The van der Waals surface area contributed by atoms with Gasteiger partial charge in [-0.3, -0.25) is 9.80 Å². The third-order valence-corrected chi connectivity index (χ3v) is 15.7. The highest BCUT2D eigenvalue weighted by molar-refractivity contribution is 5.68. The highest BCUT2D eigenvalue weighted by Crippen LogP contribution is 2.72. The molecular formula is C40H43Cl2N3O6-2. The van der Waals surface area contributed by atoms with Gasteiger partial charge in [0.2, 0.25) is 0 Å². The number of phenolic OH excluding ortho intramolecular Hbond substituents is 2. The van der Waals surface area contributed by atoms with E-state index in [9.17, 15) is 20.4 Å². The fourth-order valence-corrected chi connectivity index (χ4v) is 13.4. The van der Waals surface area contributed by atoms with E-state index in [2.05, 4.69) is 26.9 Å². The quantitative estimate of drug-likeness (QED) is 0.206. The fraction of sp³-hybridized carbons (Fsp3) is 0.600. The third-order valence-electron chi connectivity index (χ3n) is 15.7. The number of phenols is 2. The molecule has 2 spiro atoms. The largest absolute Gasteiger partial charge is 1.00 e. The smallest absolute Gasteiger partial charge is 0.166 e. The second kappa shape index (κ2) is 9.71. The van der Waals surface area contributed by atoms with E-state index in [1.165, 1.54) is 36.8 Å². The number of nitrogens with zero attached hydrogens (tertiary/aromatic N) is 2. The van der Waals surface area contributed by atoms with Crippen LogP contribution in [0.5, 0.6) is 23.0 Å². The number of benzene rings is 2. The van der Waals surface area contributed by atoms with Crippen LogP contribution in [0.2, 0.25) is 0 Å². The van der Waals surface area contributed by atoms with Gasteiger partial charge in [-0.25, -0.2) is 0 Å². The zero-order chi connectivity index (χ0) is 32.4. The van der Waals surface area contributed by atoms with Crippen molar-refractivity contribution in [3.8, 4) is 23.0 Å². The van der Waals surface area contributed by atoms with Crippen molar-refractivity contribution in [3.63, 3.8) is 0 Å². The molecule has 51 heavy (non-hydrogen) atoms. The van der Waals surface area contributed by atoms with Crippen LogP contribution in [-0.2, 0) is 36.5 Å². The third kappa shape index (κ3) is 3.39. The number of ether oxygens (including phenoxy) is 2. The van der Waals surface area contributed by atoms with Crippen molar-refractivity contribution in [2.75, 3.05) is 26.2 Å². The van der Waals surface area contributed by atoms with Gasteiger partial charge in [0.1, 0.15) is 0 Å². The maximum absolute atomic E-state index is 13.5. The SMILES string of the molecule is Oc1ccc2c3c1O[C@H]1c4[nH]c5c(c4C[C@@]4(O)[C@@H](C2)N(CC2CC2)CC[C@]314)C[C@@]1(O)[C@H]2Cc3ccc(O)c4c3[C@@]1(CCN2CC1CC1)[C@H]5O4.[Cl-].[Cl-]. The van der Waals surface area contributed by atoms with Gasteiger partial charge in [-0.1, -0.05) is 12.1 Å². The number of H-pyrrole nitrogens is 1. The van der Waals surface area contributed by atoms with E-state index < -0.39 is 34.2 Å². The molecule has 0 radical (unpaired) electrons. The Hall–Kier alpha value is -2.66. The summed E-state index contributed by atoms with van der Waals surface area (Å²) in [6.45, 7) is 3.84. The Labute approximate surface area is 309 Å². The summed E-state index contributed by atoms with van der Waals surface area (Å²) >= 11 is 0. The molecule has 2 saturated carbocycles. The summed E-state index contributed by atoms with van der Waals surface area (Å²) < 4.78 is 13.9. The van der Waals surface area contributed by atoms with Crippen molar-refractivity contribution in [2.45, 2.75) is 111 Å². The molecule has 270 valence electrons. The van der Waals surface area contributed by atoms with Crippen molar-refractivity contribution in [1.29, 1.82) is 0 Å². The predicted octanol–water partition coefficient (Wildman–Crippen LogP) is -2.17. The lowest BCUT2D eigenvalue weighted by molar-refractivity contribution is -0.176.